The zero-order valence-corrected chi connectivity index (χ0v) is 10.6. The van der Waals surface area contributed by atoms with Crippen LogP contribution in [-0.2, 0) is 0 Å². The molecule has 1 aromatic carbocycles. The van der Waals surface area contributed by atoms with Gasteiger partial charge in [-0.2, -0.15) is 10.3 Å². The first-order chi connectivity index (χ1) is 9.74. The number of aromatic nitrogens is 6. The minimum absolute atomic E-state index is 0.211. The van der Waals surface area contributed by atoms with Crippen LogP contribution in [0, 0.1) is 6.92 Å². The molecule has 100 valence electrons. The number of anilines is 1. The summed E-state index contributed by atoms with van der Waals surface area (Å²) < 4.78 is 0. The normalized spacial score (nSPS) is 10.4. The molecule has 0 bridgehead atoms. The predicted octanol–water partition coefficient (Wildman–Crippen LogP) is 1.15. The van der Waals surface area contributed by atoms with Crippen LogP contribution in [0.25, 0.3) is 11.4 Å². The highest BCUT2D eigenvalue weighted by Crippen LogP contribution is 2.15. The Morgan fingerprint density at radius 3 is 2.65 bits per heavy atom. The van der Waals surface area contributed by atoms with Crippen LogP contribution in [-0.4, -0.2) is 36.7 Å². The second-order valence-electron chi connectivity index (χ2n) is 4.19. The molecule has 0 saturated carbocycles. The number of carbonyl (C=O) groups excluding carboxylic acids is 1. The van der Waals surface area contributed by atoms with Crippen molar-refractivity contribution >= 4 is 11.7 Å². The van der Waals surface area contributed by atoms with Gasteiger partial charge in [-0.25, -0.2) is 0 Å². The lowest BCUT2D eigenvalue weighted by Crippen LogP contribution is -2.12. The van der Waals surface area contributed by atoms with Gasteiger partial charge < -0.3 is 5.32 Å². The Balaban J connectivity index is 1.78. The minimum atomic E-state index is -0.211. The Labute approximate surface area is 113 Å². The maximum Gasteiger partial charge on any atom is 0.256 e. The third-order valence-electron chi connectivity index (χ3n) is 2.82. The molecule has 20 heavy (non-hydrogen) atoms. The maximum absolute atomic E-state index is 12.1. The number of nitrogens with zero attached hydrogens (tertiary/aromatic N) is 4. The maximum atomic E-state index is 12.1. The van der Waals surface area contributed by atoms with Crippen LogP contribution in [0.5, 0.6) is 0 Å². The predicted molar refractivity (Wildman–Crippen MR) is 70.9 cm³/mol. The number of hydrogen-bond acceptors (Lipinski definition) is 5. The van der Waals surface area contributed by atoms with Crippen molar-refractivity contribution in [2.45, 2.75) is 6.92 Å². The van der Waals surface area contributed by atoms with E-state index in [0.717, 1.165) is 11.1 Å². The molecule has 3 aromatic rings. The molecule has 2 heterocycles. The largest absolute Gasteiger partial charge is 0.307 e. The second kappa shape index (κ2) is 4.92. The molecule has 8 heteroatoms. The first-order valence-electron chi connectivity index (χ1n) is 5.89. The Bertz CT molecular complexity index is 715. The minimum Gasteiger partial charge on any atom is -0.307 e. The van der Waals surface area contributed by atoms with E-state index in [1.54, 1.807) is 30.5 Å². The number of benzene rings is 1. The molecule has 0 atom stereocenters. The van der Waals surface area contributed by atoms with Gasteiger partial charge in [-0.15, -0.1) is 10.2 Å². The molecule has 0 fully saturated rings. The van der Waals surface area contributed by atoms with E-state index >= 15 is 0 Å². The lowest BCUT2D eigenvalue weighted by Gasteiger charge is -2.04. The van der Waals surface area contributed by atoms with Crippen molar-refractivity contribution < 1.29 is 4.79 Å². The number of rotatable bonds is 3. The quantitative estimate of drug-likeness (QED) is 0.660. The lowest BCUT2D eigenvalue weighted by atomic mass is 10.1. The molecule has 2 aromatic heterocycles. The molecule has 0 radical (unpaired) electrons. The fourth-order valence-corrected chi connectivity index (χ4v) is 1.71. The zero-order chi connectivity index (χ0) is 13.9. The Morgan fingerprint density at radius 1 is 1.25 bits per heavy atom. The summed E-state index contributed by atoms with van der Waals surface area (Å²) in [6.07, 6.45) is 1.65. The molecular weight excluding hydrogens is 258 g/mol. The summed E-state index contributed by atoms with van der Waals surface area (Å²) in [5.74, 6) is 0.871. The van der Waals surface area contributed by atoms with Gasteiger partial charge in [0.05, 0.1) is 6.20 Å². The number of aromatic amines is 2. The first kappa shape index (κ1) is 12.0. The molecule has 3 N–H and O–H groups in total. The Hall–Kier alpha value is -3.03. The van der Waals surface area contributed by atoms with Crippen LogP contribution in [0.3, 0.4) is 0 Å². The number of hydrogen-bond donors (Lipinski definition) is 3. The molecule has 3 rings (SSSR count). The zero-order valence-electron chi connectivity index (χ0n) is 10.6. The fourth-order valence-electron chi connectivity index (χ4n) is 1.71. The van der Waals surface area contributed by atoms with Gasteiger partial charge in [0.2, 0.25) is 5.82 Å². The van der Waals surface area contributed by atoms with E-state index in [1.165, 1.54) is 0 Å². The number of aryl methyl sites for hydroxylation is 1. The van der Waals surface area contributed by atoms with Crippen molar-refractivity contribution in [3.05, 3.63) is 41.6 Å². The molecule has 0 aliphatic rings. The number of tetrazole rings is 1. The summed E-state index contributed by atoms with van der Waals surface area (Å²) in [6.45, 7) is 1.86. The highest BCUT2D eigenvalue weighted by atomic mass is 16.1. The van der Waals surface area contributed by atoms with Gasteiger partial charge in [0, 0.05) is 16.7 Å². The van der Waals surface area contributed by atoms with E-state index in [0.29, 0.717) is 17.2 Å². The van der Waals surface area contributed by atoms with E-state index in [2.05, 4.69) is 36.1 Å². The summed E-state index contributed by atoms with van der Waals surface area (Å²) in [5.41, 5.74) is 2.20. The van der Waals surface area contributed by atoms with Gasteiger partial charge in [0.25, 0.3) is 5.91 Å². The molecule has 8 nitrogen and oxygen atoms in total. The Kier molecular flexibility index (Phi) is 2.96. The van der Waals surface area contributed by atoms with Crippen LogP contribution in [0.1, 0.15) is 15.9 Å². The topological polar surface area (TPSA) is 112 Å². The lowest BCUT2D eigenvalue weighted by molar-refractivity contribution is 0.102. The summed E-state index contributed by atoms with van der Waals surface area (Å²) in [7, 11) is 0. The van der Waals surface area contributed by atoms with E-state index in [9.17, 15) is 4.79 Å². The summed E-state index contributed by atoms with van der Waals surface area (Å²) in [5, 5.41) is 22.9. The average molecular weight is 269 g/mol. The van der Waals surface area contributed by atoms with Gasteiger partial charge in [0.1, 0.15) is 5.82 Å². The van der Waals surface area contributed by atoms with Crippen molar-refractivity contribution in [1.82, 2.24) is 30.8 Å². The number of carbonyl (C=O) groups is 1. The van der Waals surface area contributed by atoms with E-state index in [-0.39, 0.29) is 5.91 Å². The molecule has 0 aliphatic carbocycles. The van der Waals surface area contributed by atoms with Crippen LogP contribution in [0.4, 0.5) is 5.82 Å². The monoisotopic (exact) mass is 269 g/mol. The van der Waals surface area contributed by atoms with E-state index in [4.69, 9.17) is 0 Å². The third kappa shape index (κ3) is 2.26. The smallest absolute Gasteiger partial charge is 0.256 e. The van der Waals surface area contributed by atoms with E-state index < -0.39 is 0 Å². The highest BCUT2D eigenvalue weighted by molar-refractivity contribution is 6.04. The fraction of sp³-hybridized carbons (Fsp3) is 0.0833. The molecule has 0 spiro atoms. The summed E-state index contributed by atoms with van der Waals surface area (Å²) >= 11 is 0. The van der Waals surface area contributed by atoms with E-state index in [1.807, 2.05) is 6.92 Å². The van der Waals surface area contributed by atoms with Gasteiger partial charge >= 0.3 is 0 Å². The number of amides is 1. The number of nitrogens with one attached hydrogen (secondary N) is 3. The SMILES string of the molecule is Cc1cn[nH]c1NC(=O)c1ccc(-c2nn[nH]n2)cc1. The van der Waals surface area contributed by atoms with Crippen molar-refractivity contribution in [1.29, 1.82) is 0 Å². The molecular formula is C12H11N7O. The van der Waals surface area contributed by atoms with Crippen LogP contribution in [0.2, 0.25) is 0 Å². The molecule has 0 unspecified atom stereocenters. The molecule has 1 amide bonds. The highest BCUT2D eigenvalue weighted by Gasteiger charge is 2.10. The van der Waals surface area contributed by atoms with Gasteiger partial charge in [-0.05, 0) is 24.3 Å². The second-order valence-corrected chi connectivity index (χ2v) is 4.19. The van der Waals surface area contributed by atoms with Crippen molar-refractivity contribution in [3.8, 4) is 11.4 Å². The molecule has 0 saturated heterocycles. The van der Waals surface area contributed by atoms with Crippen molar-refractivity contribution in [2.24, 2.45) is 0 Å². The van der Waals surface area contributed by atoms with Gasteiger partial charge in [-0.1, -0.05) is 12.1 Å². The Morgan fingerprint density at radius 2 is 2.05 bits per heavy atom. The summed E-state index contributed by atoms with van der Waals surface area (Å²) in [6, 6.07) is 6.93. The average Bonchev–Trinajstić information content (AvgIpc) is 3.12. The van der Waals surface area contributed by atoms with Crippen LogP contribution >= 0.6 is 0 Å². The summed E-state index contributed by atoms with van der Waals surface area (Å²) in [4.78, 5) is 12.1. The standard InChI is InChI=1S/C12H11N7O/c1-7-6-13-15-10(7)14-12(20)9-4-2-8(3-5-9)11-16-18-19-17-11/h2-6H,1H3,(H2,13,14,15,20)(H,16,17,18,19). The van der Waals surface area contributed by atoms with Crippen LogP contribution in [0.15, 0.2) is 30.5 Å². The van der Waals surface area contributed by atoms with Gasteiger partial charge in [0.15, 0.2) is 0 Å². The number of H-pyrrole nitrogens is 2. The van der Waals surface area contributed by atoms with Gasteiger partial charge in [-0.3, -0.25) is 9.89 Å². The van der Waals surface area contributed by atoms with Crippen LogP contribution < -0.4 is 5.32 Å². The van der Waals surface area contributed by atoms with Crippen molar-refractivity contribution in [3.63, 3.8) is 0 Å². The first-order valence-corrected chi connectivity index (χ1v) is 5.89. The third-order valence-corrected chi connectivity index (χ3v) is 2.82. The van der Waals surface area contributed by atoms with Crippen molar-refractivity contribution in [2.75, 3.05) is 5.32 Å². The molecule has 0 aliphatic heterocycles.